The van der Waals surface area contributed by atoms with E-state index in [9.17, 15) is 9.59 Å². The van der Waals surface area contributed by atoms with Gasteiger partial charge in [-0.1, -0.05) is 39.0 Å². The summed E-state index contributed by atoms with van der Waals surface area (Å²) in [5, 5.41) is 3.01. The van der Waals surface area contributed by atoms with Crippen LogP contribution in [0, 0.1) is 0 Å². The molecule has 0 aliphatic carbocycles. The quantitative estimate of drug-likeness (QED) is 0.423. The largest absolute Gasteiger partial charge is 0.497 e. The average Bonchev–Trinajstić information content (AvgIpc) is 2.83. The molecule has 2 amide bonds. The molecule has 0 unspecified atom stereocenters. The lowest BCUT2D eigenvalue weighted by atomic mass is 10.1. The number of halogens is 1. The molecule has 6 nitrogen and oxygen atoms in total. The molecule has 2 rings (SSSR count). The van der Waals surface area contributed by atoms with Gasteiger partial charge in [0.15, 0.2) is 6.61 Å². The first-order chi connectivity index (χ1) is 15.8. The molecule has 2 aromatic rings. The number of amides is 2. The minimum atomic E-state index is -0.594. The summed E-state index contributed by atoms with van der Waals surface area (Å²) < 4.78 is 11.9. The van der Waals surface area contributed by atoms with E-state index >= 15 is 0 Å². The molecule has 0 spiro atoms. The first-order valence-corrected chi connectivity index (χ1v) is 12.3. The van der Waals surface area contributed by atoms with Crippen LogP contribution < -0.4 is 14.8 Å². The zero-order valence-electron chi connectivity index (χ0n) is 20.2. The van der Waals surface area contributed by atoms with Crippen LogP contribution in [0.4, 0.5) is 0 Å². The number of aryl methyl sites for hydroxylation is 1. The van der Waals surface area contributed by atoms with Crippen LogP contribution in [-0.4, -0.2) is 42.5 Å². The van der Waals surface area contributed by atoms with Crippen molar-refractivity contribution >= 4 is 27.7 Å². The van der Waals surface area contributed by atoms with Gasteiger partial charge in [0, 0.05) is 12.6 Å². The van der Waals surface area contributed by atoms with Gasteiger partial charge in [-0.3, -0.25) is 9.59 Å². The van der Waals surface area contributed by atoms with Crippen LogP contribution in [0.2, 0.25) is 0 Å². The summed E-state index contributed by atoms with van der Waals surface area (Å²) in [4.78, 5) is 27.9. The van der Waals surface area contributed by atoms with E-state index in [4.69, 9.17) is 9.47 Å². The van der Waals surface area contributed by atoms with Gasteiger partial charge in [-0.15, -0.1) is 0 Å². The highest BCUT2D eigenvalue weighted by Crippen LogP contribution is 2.26. The van der Waals surface area contributed by atoms with E-state index < -0.39 is 6.04 Å². The number of hydrogen-bond acceptors (Lipinski definition) is 4. The number of nitrogens with zero attached hydrogens (tertiary/aromatic N) is 1. The molecule has 1 N–H and O–H groups in total. The van der Waals surface area contributed by atoms with Gasteiger partial charge in [-0.2, -0.15) is 0 Å². The summed E-state index contributed by atoms with van der Waals surface area (Å²) in [7, 11) is 1.61. The van der Waals surface area contributed by atoms with Crippen molar-refractivity contribution in [3.63, 3.8) is 0 Å². The summed E-state index contributed by atoms with van der Waals surface area (Å²) >= 11 is 3.52. The number of carbonyl (C=O) groups is 2. The first kappa shape index (κ1) is 26.7. The molecule has 180 valence electrons. The van der Waals surface area contributed by atoms with E-state index in [0.29, 0.717) is 18.7 Å². The minimum absolute atomic E-state index is 0.0359. The SMILES string of the molecule is CCc1ccc(OCC(=O)N(Cc2ccc(OC)cc2)[C@H](CC)C(=O)N[C@@H](C)CC)c(Br)c1. The molecule has 0 saturated carbocycles. The Balaban J connectivity index is 2.23. The second-order valence-corrected chi connectivity index (χ2v) is 8.87. The average molecular weight is 519 g/mol. The normalized spacial score (nSPS) is 12.5. The maximum Gasteiger partial charge on any atom is 0.261 e. The summed E-state index contributed by atoms with van der Waals surface area (Å²) in [5.41, 5.74) is 2.09. The summed E-state index contributed by atoms with van der Waals surface area (Å²) in [5.74, 6) is 0.939. The predicted molar refractivity (Wildman–Crippen MR) is 135 cm³/mol. The van der Waals surface area contributed by atoms with Gasteiger partial charge in [0.2, 0.25) is 5.91 Å². The molecule has 0 saturated heterocycles. The maximum atomic E-state index is 13.3. The Labute approximate surface area is 205 Å². The fourth-order valence-corrected chi connectivity index (χ4v) is 3.93. The lowest BCUT2D eigenvalue weighted by Crippen LogP contribution is -2.51. The van der Waals surface area contributed by atoms with Crippen LogP contribution in [0.15, 0.2) is 46.9 Å². The molecule has 7 heteroatoms. The molecule has 0 fully saturated rings. The fourth-order valence-electron chi connectivity index (χ4n) is 3.39. The second kappa shape index (κ2) is 13.2. The number of nitrogens with one attached hydrogen (secondary N) is 1. The maximum absolute atomic E-state index is 13.3. The third kappa shape index (κ3) is 7.77. The predicted octanol–water partition coefficient (Wildman–Crippen LogP) is 5.12. The highest BCUT2D eigenvalue weighted by atomic mass is 79.9. The van der Waals surface area contributed by atoms with Crippen molar-refractivity contribution in [3.05, 3.63) is 58.1 Å². The van der Waals surface area contributed by atoms with Crippen molar-refractivity contribution in [3.8, 4) is 11.5 Å². The lowest BCUT2D eigenvalue weighted by Gasteiger charge is -2.31. The highest BCUT2D eigenvalue weighted by Gasteiger charge is 2.29. The molecule has 0 aliphatic heterocycles. The van der Waals surface area contributed by atoms with Crippen molar-refractivity contribution in [2.24, 2.45) is 0 Å². The molecule has 0 aromatic heterocycles. The van der Waals surface area contributed by atoms with Gasteiger partial charge >= 0.3 is 0 Å². The lowest BCUT2D eigenvalue weighted by molar-refractivity contribution is -0.143. The number of hydrogen-bond donors (Lipinski definition) is 1. The first-order valence-electron chi connectivity index (χ1n) is 11.5. The smallest absolute Gasteiger partial charge is 0.261 e. The molecule has 0 radical (unpaired) electrons. The van der Waals surface area contributed by atoms with Gasteiger partial charge in [-0.25, -0.2) is 0 Å². The number of ether oxygens (including phenoxy) is 2. The molecule has 33 heavy (non-hydrogen) atoms. The monoisotopic (exact) mass is 518 g/mol. The van der Waals surface area contributed by atoms with Gasteiger partial charge < -0.3 is 19.7 Å². The van der Waals surface area contributed by atoms with Crippen molar-refractivity contribution in [1.82, 2.24) is 10.2 Å². The summed E-state index contributed by atoms with van der Waals surface area (Å²) in [6.07, 6.45) is 2.23. The van der Waals surface area contributed by atoms with E-state index in [1.54, 1.807) is 12.0 Å². The van der Waals surface area contributed by atoms with Crippen molar-refractivity contribution < 1.29 is 19.1 Å². The van der Waals surface area contributed by atoms with E-state index in [1.807, 2.05) is 63.2 Å². The number of carbonyl (C=O) groups excluding carboxylic acids is 2. The second-order valence-electron chi connectivity index (χ2n) is 8.02. The van der Waals surface area contributed by atoms with E-state index in [0.717, 1.165) is 28.6 Å². The number of benzene rings is 2. The van der Waals surface area contributed by atoms with Crippen LogP contribution >= 0.6 is 15.9 Å². The van der Waals surface area contributed by atoms with Crippen LogP contribution in [-0.2, 0) is 22.6 Å². The molecule has 0 bridgehead atoms. The van der Waals surface area contributed by atoms with Crippen LogP contribution in [0.5, 0.6) is 11.5 Å². The van der Waals surface area contributed by atoms with Crippen LogP contribution in [0.1, 0.15) is 51.7 Å². The molecule has 0 heterocycles. The van der Waals surface area contributed by atoms with Gasteiger partial charge in [-0.05, 0) is 77.5 Å². The molecular weight excluding hydrogens is 484 g/mol. The Morgan fingerprint density at radius 3 is 2.24 bits per heavy atom. The summed E-state index contributed by atoms with van der Waals surface area (Å²) in [6, 6.07) is 12.8. The fraction of sp³-hybridized carbons (Fsp3) is 0.462. The van der Waals surface area contributed by atoms with Crippen LogP contribution in [0.3, 0.4) is 0 Å². The topological polar surface area (TPSA) is 67.9 Å². The molecule has 2 atom stereocenters. The molecule has 2 aromatic carbocycles. The Morgan fingerprint density at radius 1 is 1.03 bits per heavy atom. The van der Waals surface area contributed by atoms with E-state index in [2.05, 4.69) is 28.2 Å². The third-order valence-electron chi connectivity index (χ3n) is 5.65. The Bertz CT molecular complexity index is 917. The van der Waals surface area contributed by atoms with Crippen LogP contribution in [0.25, 0.3) is 0 Å². The zero-order chi connectivity index (χ0) is 24.4. The van der Waals surface area contributed by atoms with Gasteiger partial charge in [0.25, 0.3) is 5.91 Å². The molecular formula is C26H35BrN2O4. The van der Waals surface area contributed by atoms with E-state index in [1.165, 1.54) is 5.56 Å². The van der Waals surface area contributed by atoms with Crippen molar-refractivity contribution in [1.29, 1.82) is 0 Å². The van der Waals surface area contributed by atoms with Crippen molar-refractivity contribution in [2.75, 3.05) is 13.7 Å². The van der Waals surface area contributed by atoms with Crippen molar-refractivity contribution in [2.45, 2.75) is 65.6 Å². The minimum Gasteiger partial charge on any atom is -0.497 e. The Hall–Kier alpha value is -2.54. The summed E-state index contributed by atoms with van der Waals surface area (Å²) in [6.45, 7) is 8.11. The van der Waals surface area contributed by atoms with E-state index in [-0.39, 0.29) is 24.5 Å². The third-order valence-corrected chi connectivity index (χ3v) is 6.27. The van der Waals surface area contributed by atoms with Gasteiger partial charge in [0.1, 0.15) is 17.5 Å². The molecule has 0 aliphatic rings. The number of rotatable bonds is 12. The standard InChI is InChI=1S/C26H35BrN2O4/c1-6-18(4)28-26(31)23(8-3)29(16-20-9-12-21(32-5)13-10-20)25(30)17-33-24-14-11-19(7-2)15-22(24)27/h9-15,18,23H,6-8,16-17H2,1-5H3,(H,28,31)/t18-,23+/m0/s1. The highest BCUT2D eigenvalue weighted by molar-refractivity contribution is 9.10. The number of methoxy groups -OCH3 is 1. The Morgan fingerprint density at radius 2 is 1.70 bits per heavy atom. The zero-order valence-corrected chi connectivity index (χ0v) is 21.8. The van der Waals surface area contributed by atoms with Gasteiger partial charge in [0.05, 0.1) is 11.6 Å². The Kier molecular flexibility index (Phi) is 10.7.